The summed E-state index contributed by atoms with van der Waals surface area (Å²) in [6.07, 6.45) is 1.42. The molecule has 0 N–H and O–H groups in total. The monoisotopic (exact) mass is 254 g/mol. The van der Waals surface area contributed by atoms with Gasteiger partial charge in [-0.15, -0.1) is 0 Å². The highest BCUT2D eigenvalue weighted by molar-refractivity contribution is 5.70. The van der Waals surface area contributed by atoms with Crippen LogP contribution in [-0.2, 0) is 9.53 Å². The summed E-state index contributed by atoms with van der Waals surface area (Å²) in [5.41, 5.74) is 0. The maximum Gasteiger partial charge on any atom is 0.399 e. The minimum absolute atomic E-state index is 0.0999. The summed E-state index contributed by atoms with van der Waals surface area (Å²) in [6.45, 7) is 2.24. The molecule has 2 nitrogen and oxygen atoms in total. The lowest BCUT2D eigenvalue weighted by molar-refractivity contribution is -0.171. The molecule has 0 radical (unpaired) electrons. The molecule has 0 rings (SSSR count). The first-order chi connectivity index (χ1) is 7.95. The maximum absolute atomic E-state index is 11.8. The smallest absolute Gasteiger partial charge is 0.399 e. The Morgan fingerprint density at radius 1 is 1.00 bits per heavy atom. The van der Waals surface area contributed by atoms with Gasteiger partial charge in [-0.25, -0.2) is 0 Å². The van der Waals surface area contributed by atoms with E-state index in [9.17, 15) is 18.0 Å². The molecule has 0 aliphatic rings. The van der Waals surface area contributed by atoms with E-state index in [0.29, 0.717) is 6.42 Å². The summed E-state index contributed by atoms with van der Waals surface area (Å²) in [7, 11) is 0. The molecule has 0 fully saturated rings. The Morgan fingerprint density at radius 2 is 1.53 bits per heavy atom. The van der Waals surface area contributed by atoms with E-state index in [1.807, 2.05) is 0 Å². The average molecular weight is 254 g/mol. The molecule has 0 aromatic heterocycles. The SMILES string of the molecule is CCCCCCCCCOC(=O)CC(F)(F)F. The van der Waals surface area contributed by atoms with Gasteiger partial charge in [0.25, 0.3) is 0 Å². The largest absolute Gasteiger partial charge is 0.465 e. The molecule has 0 bridgehead atoms. The summed E-state index contributed by atoms with van der Waals surface area (Å²) in [5.74, 6) is -1.18. The molecule has 0 aliphatic carbocycles. The fourth-order valence-electron chi connectivity index (χ4n) is 1.46. The van der Waals surface area contributed by atoms with Crippen molar-refractivity contribution in [2.45, 2.75) is 64.5 Å². The Balaban J connectivity index is 3.25. The standard InChI is InChI=1S/C12H21F3O2/c1-2-3-4-5-6-7-8-9-17-11(16)10-12(13,14)15/h2-10H2,1H3. The van der Waals surface area contributed by atoms with E-state index in [1.54, 1.807) is 0 Å². The predicted octanol–water partition coefficient (Wildman–Crippen LogP) is 4.23. The zero-order valence-corrected chi connectivity index (χ0v) is 10.3. The number of rotatable bonds is 9. The highest BCUT2D eigenvalue weighted by atomic mass is 19.4. The zero-order chi connectivity index (χ0) is 13.1. The summed E-state index contributed by atoms with van der Waals surface area (Å²) >= 11 is 0. The van der Waals surface area contributed by atoms with E-state index in [0.717, 1.165) is 19.3 Å². The van der Waals surface area contributed by atoms with E-state index < -0.39 is 18.6 Å². The first-order valence-electron chi connectivity index (χ1n) is 6.18. The molecule has 0 heterocycles. The zero-order valence-electron chi connectivity index (χ0n) is 10.3. The molecule has 17 heavy (non-hydrogen) atoms. The van der Waals surface area contributed by atoms with Crippen LogP contribution in [0.5, 0.6) is 0 Å². The van der Waals surface area contributed by atoms with Crippen molar-refractivity contribution in [3.05, 3.63) is 0 Å². The van der Waals surface area contributed by atoms with E-state index >= 15 is 0 Å². The van der Waals surface area contributed by atoms with Crippen molar-refractivity contribution in [2.75, 3.05) is 6.61 Å². The Bertz CT molecular complexity index is 202. The van der Waals surface area contributed by atoms with Crippen molar-refractivity contribution in [3.8, 4) is 0 Å². The molecule has 0 atom stereocenters. The van der Waals surface area contributed by atoms with Crippen LogP contribution in [0.15, 0.2) is 0 Å². The molecule has 0 aromatic carbocycles. The fourth-order valence-corrected chi connectivity index (χ4v) is 1.46. The van der Waals surface area contributed by atoms with Gasteiger partial charge in [-0.05, 0) is 6.42 Å². The highest BCUT2D eigenvalue weighted by Gasteiger charge is 2.31. The number of halogens is 3. The summed E-state index contributed by atoms with van der Waals surface area (Å²) in [6, 6.07) is 0. The van der Waals surface area contributed by atoms with E-state index in [2.05, 4.69) is 11.7 Å². The van der Waals surface area contributed by atoms with Crippen LogP contribution >= 0.6 is 0 Å². The first-order valence-corrected chi connectivity index (χ1v) is 6.18. The second-order valence-electron chi connectivity index (χ2n) is 4.13. The van der Waals surface area contributed by atoms with Crippen LogP contribution in [0.25, 0.3) is 0 Å². The number of hydrogen-bond acceptors (Lipinski definition) is 2. The van der Waals surface area contributed by atoms with Gasteiger partial charge in [0.1, 0.15) is 6.42 Å². The molecule has 0 saturated heterocycles. The third-order valence-electron chi connectivity index (χ3n) is 2.36. The molecule has 0 amide bonds. The van der Waals surface area contributed by atoms with E-state index in [4.69, 9.17) is 0 Å². The van der Waals surface area contributed by atoms with Crippen molar-refractivity contribution in [1.29, 1.82) is 0 Å². The lowest BCUT2D eigenvalue weighted by atomic mass is 10.1. The Hall–Kier alpha value is -0.740. The number of carbonyl (C=O) groups excluding carboxylic acids is 1. The van der Waals surface area contributed by atoms with E-state index in [-0.39, 0.29) is 6.61 Å². The van der Waals surface area contributed by atoms with Gasteiger partial charge in [0.05, 0.1) is 6.61 Å². The first kappa shape index (κ1) is 16.3. The molecule has 0 aliphatic heterocycles. The van der Waals surface area contributed by atoms with Crippen LogP contribution in [0.4, 0.5) is 13.2 Å². The van der Waals surface area contributed by atoms with Crippen molar-refractivity contribution >= 4 is 5.97 Å². The van der Waals surface area contributed by atoms with Gasteiger partial charge in [-0.3, -0.25) is 4.79 Å². The van der Waals surface area contributed by atoms with Gasteiger partial charge in [0, 0.05) is 0 Å². The van der Waals surface area contributed by atoms with Crippen LogP contribution in [0, 0.1) is 0 Å². The summed E-state index contributed by atoms with van der Waals surface area (Å²) < 4.78 is 39.7. The molecule has 5 heteroatoms. The highest BCUT2D eigenvalue weighted by Crippen LogP contribution is 2.19. The molecular weight excluding hydrogens is 233 g/mol. The fraction of sp³-hybridized carbons (Fsp3) is 0.917. The second-order valence-corrected chi connectivity index (χ2v) is 4.13. The van der Waals surface area contributed by atoms with Crippen molar-refractivity contribution < 1.29 is 22.7 Å². The second kappa shape index (κ2) is 9.31. The van der Waals surface area contributed by atoms with Crippen LogP contribution in [0.2, 0.25) is 0 Å². The van der Waals surface area contributed by atoms with E-state index in [1.165, 1.54) is 19.3 Å². The summed E-state index contributed by atoms with van der Waals surface area (Å²) in [5, 5.41) is 0. The van der Waals surface area contributed by atoms with Gasteiger partial charge < -0.3 is 4.74 Å². The Kier molecular flexibility index (Phi) is 8.90. The number of alkyl halides is 3. The average Bonchev–Trinajstić information content (AvgIpc) is 2.19. The maximum atomic E-state index is 11.8. The number of carbonyl (C=O) groups is 1. The molecule has 102 valence electrons. The van der Waals surface area contributed by atoms with Gasteiger partial charge >= 0.3 is 12.1 Å². The quantitative estimate of drug-likeness (QED) is 0.454. The van der Waals surface area contributed by atoms with Crippen LogP contribution in [0.1, 0.15) is 58.3 Å². The van der Waals surface area contributed by atoms with Crippen molar-refractivity contribution in [2.24, 2.45) is 0 Å². The topological polar surface area (TPSA) is 26.3 Å². The van der Waals surface area contributed by atoms with Crippen molar-refractivity contribution in [1.82, 2.24) is 0 Å². The Labute approximate surface area is 101 Å². The van der Waals surface area contributed by atoms with Gasteiger partial charge in [-0.2, -0.15) is 13.2 Å². The number of ether oxygens (including phenoxy) is 1. The molecule has 0 unspecified atom stereocenters. The Morgan fingerprint density at radius 3 is 2.06 bits per heavy atom. The third-order valence-corrected chi connectivity index (χ3v) is 2.36. The van der Waals surface area contributed by atoms with Gasteiger partial charge in [0.2, 0.25) is 0 Å². The third kappa shape index (κ3) is 13.2. The van der Waals surface area contributed by atoms with Crippen LogP contribution in [0.3, 0.4) is 0 Å². The predicted molar refractivity (Wildman–Crippen MR) is 59.6 cm³/mol. The van der Waals surface area contributed by atoms with Crippen LogP contribution in [-0.4, -0.2) is 18.8 Å². The number of esters is 1. The molecule has 0 saturated carbocycles. The number of unbranched alkanes of at least 4 members (excludes halogenated alkanes) is 6. The van der Waals surface area contributed by atoms with Gasteiger partial charge in [0.15, 0.2) is 0 Å². The molecule has 0 aromatic rings. The molecule has 0 spiro atoms. The number of hydrogen-bond donors (Lipinski definition) is 0. The lowest BCUT2D eigenvalue weighted by Crippen LogP contribution is -2.17. The minimum atomic E-state index is -4.46. The van der Waals surface area contributed by atoms with Crippen LogP contribution < -0.4 is 0 Å². The molecular formula is C12H21F3O2. The lowest BCUT2D eigenvalue weighted by Gasteiger charge is -2.07. The summed E-state index contributed by atoms with van der Waals surface area (Å²) in [4.78, 5) is 10.7. The van der Waals surface area contributed by atoms with Crippen molar-refractivity contribution in [3.63, 3.8) is 0 Å². The minimum Gasteiger partial charge on any atom is -0.465 e. The van der Waals surface area contributed by atoms with Gasteiger partial charge in [-0.1, -0.05) is 45.4 Å². The normalized spacial score (nSPS) is 11.5.